The maximum atomic E-state index is 12.5. The number of hydrogen-bond donors (Lipinski definition) is 5. The molecular weight excluding hydrogens is 396 g/mol. The van der Waals surface area contributed by atoms with Crippen LogP contribution in [0.2, 0.25) is 0 Å². The second kappa shape index (κ2) is 8.21. The molecule has 1 fully saturated rings. The zero-order valence-corrected chi connectivity index (χ0v) is 15.8. The highest BCUT2D eigenvalue weighted by Crippen LogP contribution is 2.38. The van der Waals surface area contributed by atoms with Crippen LogP contribution in [-0.4, -0.2) is 68.6 Å². The topological polar surface area (TPSA) is 146 Å². The largest absolute Gasteiger partial charge is 0.508 e. The molecule has 0 amide bonds. The van der Waals surface area contributed by atoms with Crippen molar-refractivity contribution in [3.05, 3.63) is 53.6 Å². The summed E-state index contributed by atoms with van der Waals surface area (Å²) in [5.41, 5.74) is 1.11. The van der Waals surface area contributed by atoms with E-state index in [2.05, 4.69) is 0 Å². The first kappa shape index (κ1) is 20.6. The van der Waals surface area contributed by atoms with Gasteiger partial charge in [0.05, 0.1) is 18.6 Å². The lowest BCUT2D eigenvalue weighted by Gasteiger charge is -2.39. The number of phenols is 1. The van der Waals surface area contributed by atoms with Gasteiger partial charge in [0.1, 0.15) is 47.8 Å². The Balaban J connectivity index is 1.54. The number of aromatic hydroxyl groups is 1. The van der Waals surface area contributed by atoms with E-state index in [0.717, 1.165) is 5.56 Å². The van der Waals surface area contributed by atoms with Gasteiger partial charge in [0.15, 0.2) is 5.78 Å². The van der Waals surface area contributed by atoms with Gasteiger partial charge in [-0.3, -0.25) is 4.79 Å². The summed E-state index contributed by atoms with van der Waals surface area (Å²) < 4.78 is 16.9. The Bertz CT molecular complexity index is 911. The molecule has 2 heterocycles. The fourth-order valence-electron chi connectivity index (χ4n) is 3.55. The molecule has 2 aromatic carbocycles. The van der Waals surface area contributed by atoms with Gasteiger partial charge < -0.3 is 39.7 Å². The van der Waals surface area contributed by atoms with Gasteiger partial charge in [0, 0.05) is 6.07 Å². The smallest absolute Gasteiger partial charge is 0.229 e. The average Bonchev–Trinajstić information content (AvgIpc) is 2.74. The third-order valence-corrected chi connectivity index (χ3v) is 5.26. The van der Waals surface area contributed by atoms with E-state index < -0.39 is 43.4 Å². The molecule has 0 bridgehead atoms. The maximum absolute atomic E-state index is 12.5. The molecule has 0 aliphatic carbocycles. The number of ketones is 1. The number of aliphatic hydroxyl groups is 4. The molecule has 0 radical (unpaired) electrons. The van der Waals surface area contributed by atoms with E-state index in [1.54, 1.807) is 12.1 Å². The third kappa shape index (κ3) is 3.85. The molecule has 1 unspecified atom stereocenters. The monoisotopic (exact) mass is 418 g/mol. The minimum Gasteiger partial charge on any atom is -0.508 e. The van der Waals surface area contributed by atoms with Crippen molar-refractivity contribution in [2.75, 3.05) is 6.61 Å². The maximum Gasteiger partial charge on any atom is 0.229 e. The zero-order valence-electron chi connectivity index (χ0n) is 15.8. The normalized spacial score (nSPS) is 31.0. The van der Waals surface area contributed by atoms with Gasteiger partial charge in [-0.25, -0.2) is 0 Å². The van der Waals surface area contributed by atoms with Gasteiger partial charge in [-0.1, -0.05) is 12.1 Å². The predicted octanol–water partition coefficient (Wildman–Crippen LogP) is 0.277. The van der Waals surface area contributed by atoms with Crippen molar-refractivity contribution in [3.8, 4) is 17.2 Å². The Morgan fingerprint density at radius 3 is 2.43 bits per heavy atom. The predicted molar refractivity (Wildman–Crippen MR) is 101 cm³/mol. The summed E-state index contributed by atoms with van der Waals surface area (Å²) in [4.78, 5) is 12.5. The van der Waals surface area contributed by atoms with Gasteiger partial charge in [-0.2, -0.15) is 0 Å². The number of rotatable bonds is 4. The van der Waals surface area contributed by atoms with Gasteiger partial charge in [-0.05, 0) is 29.8 Å². The van der Waals surface area contributed by atoms with Crippen LogP contribution in [0, 0.1) is 0 Å². The molecule has 0 saturated carbocycles. The summed E-state index contributed by atoms with van der Waals surface area (Å²) in [5.74, 6) is 0.480. The molecule has 2 aliphatic heterocycles. The van der Waals surface area contributed by atoms with Gasteiger partial charge in [0.25, 0.3) is 0 Å². The van der Waals surface area contributed by atoms with Crippen molar-refractivity contribution in [1.82, 2.24) is 0 Å². The summed E-state index contributed by atoms with van der Waals surface area (Å²) in [5, 5.41) is 48.6. The van der Waals surface area contributed by atoms with Crippen molar-refractivity contribution in [1.29, 1.82) is 0 Å². The number of carbonyl (C=O) groups is 1. The second-order valence-corrected chi connectivity index (χ2v) is 7.30. The van der Waals surface area contributed by atoms with Crippen LogP contribution in [0.4, 0.5) is 0 Å². The SMILES string of the molecule is O=C1CC(c2ccc(O)cc2)Oc2cc(O[C@@H]3O[C@H](CO)[C@@H](O)[C@@H](O)[C@H]3O)ccc21. The number of carbonyl (C=O) groups excluding carboxylic acids is 1. The molecule has 1 saturated heterocycles. The molecule has 2 aromatic rings. The Hall–Kier alpha value is -2.69. The summed E-state index contributed by atoms with van der Waals surface area (Å²) in [7, 11) is 0. The highest BCUT2D eigenvalue weighted by Gasteiger charge is 2.44. The molecule has 5 N–H and O–H groups in total. The Morgan fingerprint density at radius 2 is 1.73 bits per heavy atom. The zero-order chi connectivity index (χ0) is 21.4. The lowest BCUT2D eigenvalue weighted by Crippen LogP contribution is -2.60. The molecule has 30 heavy (non-hydrogen) atoms. The first-order valence-electron chi connectivity index (χ1n) is 9.47. The Morgan fingerprint density at radius 1 is 1.00 bits per heavy atom. The van der Waals surface area contributed by atoms with E-state index in [9.17, 15) is 30.3 Å². The van der Waals surface area contributed by atoms with E-state index in [-0.39, 0.29) is 29.5 Å². The van der Waals surface area contributed by atoms with E-state index in [4.69, 9.17) is 14.2 Å². The van der Waals surface area contributed by atoms with Crippen molar-refractivity contribution in [2.24, 2.45) is 0 Å². The molecule has 9 nitrogen and oxygen atoms in total. The van der Waals surface area contributed by atoms with E-state index in [1.165, 1.54) is 30.3 Å². The molecular formula is C21H22O9. The van der Waals surface area contributed by atoms with Crippen LogP contribution in [0.5, 0.6) is 17.2 Å². The number of fused-ring (bicyclic) bond motifs is 1. The third-order valence-electron chi connectivity index (χ3n) is 5.26. The number of benzene rings is 2. The quantitative estimate of drug-likeness (QED) is 0.472. The van der Waals surface area contributed by atoms with Crippen molar-refractivity contribution < 1.29 is 44.5 Å². The Kier molecular flexibility index (Phi) is 5.63. The first-order chi connectivity index (χ1) is 14.4. The van der Waals surface area contributed by atoms with Gasteiger partial charge in [-0.15, -0.1) is 0 Å². The molecule has 0 aromatic heterocycles. The number of phenolic OH excluding ortho intramolecular Hbond substituents is 1. The fraction of sp³-hybridized carbons (Fsp3) is 0.381. The fourth-order valence-corrected chi connectivity index (χ4v) is 3.55. The average molecular weight is 418 g/mol. The van der Waals surface area contributed by atoms with Crippen LogP contribution < -0.4 is 9.47 Å². The number of aliphatic hydroxyl groups excluding tert-OH is 4. The molecule has 9 heteroatoms. The van der Waals surface area contributed by atoms with Crippen LogP contribution >= 0.6 is 0 Å². The number of Topliss-reactive ketones (excluding diaryl/α,β-unsaturated/α-hetero) is 1. The van der Waals surface area contributed by atoms with Gasteiger partial charge >= 0.3 is 0 Å². The van der Waals surface area contributed by atoms with Crippen LogP contribution in [0.25, 0.3) is 0 Å². The molecule has 2 aliphatic rings. The van der Waals surface area contributed by atoms with Crippen LogP contribution in [0.1, 0.15) is 28.4 Å². The summed E-state index contributed by atoms with van der Waals surface area (Å²) >= 11 is 0. The standard InChI is InChI=1S/C21H22O9/c22-9-17-18(25)19(26)20(27)21(30-17)28-12-5-6-13-14(24)8-15(29-16(13)7-12)10-1-3-11(23)4-2-10/h1-7,15,17-23,25-27H,8-9H2/t15?,17-,18-,19-,20-,21-/m1/s1. The van der Waals surface area contributed by atoms with E-state index in [0.29, 0.717) is 5.56 Å². The van der Waals surface area contributed by atoms with E-state index in [1.807, 2.05) is 0 Å². The summed E-state index contributed by atoms with van der Waals surface area (Å²) in [6.07, 6.45) is -7.42. The van der Waals surface area contributed by atoms with Crippen molar-refractivity contribution in [3.63, 3.8) is 0 Å². The summed E-state index contributed by atoms with van der Waals surface area (Å²) in [6, 6.07) is 10.9. The van der Waals surface area contributed by atoms with Crippen LogP contribution in [0.3, 0.4) is 0 Å². The lowest BCUT2D eigenvalue weighted by molar-refractivity contribution is -0.277. The second-order valence-electron chi connectivity index (χ2n) is 7.30. The van der Waals surface area contributed by atoms with Gasteiger partial charge in [0.2, 0.25) is 6.29 Å². The molecule has 0 spiro atoms. The Labute approximate surface area is 171 Å². The minimum atomic E-state index is -1.56. The molecule has 160 valence electrons. The summed E-state index contributed by atoms with van der Waals surface area (Å²) in [6.45, 7) is -0.569. The van der Waals surface area contributed by atoms with Crippen molar-refractivity contribution >= 4 is 5.78 Å². The minimum absolute atomic E-state index is 0.108. The highest BCUT2D eigenvalue weighted by molar-refractivity contribution is 6.00. The lowest BCUT2D eigenvalue weighted by atomic mass is 9.96. The van der Waals surface area contributed by atoms with Crippen molar-refractivity contribution in [2.45, 2.75) is 43.2 Å². The first-order valence-corrected chi connectivity index (χ1v) is 9.47. The van der Waals surface area contributed by atoms with Crippen LogP contribution in [-0.2, 0) is 4.74 Å². The number of hydrogen-bond acceptors (Lipinski definition) is 9. The van der Waals surface area contributed by atoms with E-state index >= 15 is 0 Å². The molecule has 6 atom stereocenters. The number of ether oxygens (including phenoxy) is 3. The molecule has 4 rings (SSSR count). The highest BCUT2D eigenvalue weighted by atomic mass is 16.7. The van der Waals surface area contributed by atoms with Crippen LogP contribution in [0.15, 0.2) is 42.5 Å².